The van der Waals surface area contributed by atoms with Crippen LogP contribution in [0.5, 0.6) is 11.5 Å². The second-order valence-corrected chi connectivity index (χ2v) is 9.00. The zero-order valence-electron chi connectivity index (χ0n) is 20.5. The molecule has 2 heterocycles. The van der Waals surface area contributed by atoms with Gasteiger partial charge in [-0.2, -0.15) is 0 Å². The molecular weight excluding hydrogens is 536 g/mol. The van der Waals surface area contributed by atoms with Crippen LogP contribution in [0.2, 0.25) is 0 Å². The van der Waals surface area contributed by atoms with Crippen LogP contribution in [0, 0.1) is 20.2 Å². The maximum atomic E-state index is 12.4. The summed E-state index contributed by atoms with van der Waals surface area (Å²) in [5, 5.41) is 27.6. The minimum Gasteiger partial charge on any atom is -0.457 e. The standard InChI is InChI=1S/C28H14N4O9/c33-25-17-9-11-19(31(37)38)21(23(17)27(35)29-25)13-1-5-15(6-2-13)41-16-7-3-14(4-8-16)22-20(32(39)40)12-10-18-24(22)28(36)30-26(18)34/h1-12H,(H,29,33,35)(H,30,34,36). The third-order valence-corrected chi connectivity index (χ3v) is 6.68. The van der Waals surface area contributed by atoms with Gasteiger partial charge in [0.15, 0.2) is 0 Å². The number of hydrogen-bond donors (Lipinski definition) is 2. The highest BCUT2D eigenvalue weighted by atomic mass is 16.6. The number of nitro benzene ring substituents is 2. The van der Waals surface area contributed by atoms with Gasteiger partial charge < -0.3 is 4.74 Å². The fourth-order valence-electron chi connectivity index (χ4n) is 4.90. The van der Waals surface area contributed by atoms with E-state index < -0.39 is 33.5 Å². The third-order valence-electron chi connectivity index (χ3n) is 6.68. The van der Waals surface area contributed by atoms with Crippen molar-refractivity contribution in [2.24, 2.45) is 0 Å². The first-order valence-electron chi connectivity index (χ1n) is 11.9. The van der Waals surface area contributed by atoms with Crippen molar-refractivity contribution in [3.63, 3.8) is 0 Å². The van der Waals surface area contributed by atoms with Gasteiger partial charge in [-0.1, -0.05) is 24.3 Å². The van der Waals surface area contributed by atoms with Crippen LogP contribution >= 0.6 is 0 Å². The minimum atomic E-state index is -0.727. The van der Waals surface area contributed by atoms with E-state index in [1.807, 2.05) is 0 Å². The molecule has 0 bridgehead atoms. The predicted molar refractivity (Wildman–Crippen MR) is 141 cm³/mol. The summed E-state index contributed by atoms with van der Waals surface area (Å²) in [6.07, 6.45) is 0. The molecule has 4 amide bonds. The summed E-state index contributed by atoms with van der Waals surface area (Å²) >= 11 is 0. The van der Waals surface area contributed by atoms with Crippen LogP contribution in [0.4, 0.5) is 11.4 Å². The van der Waals surface area contributed by atoms with E-state index in [1.54, 1.807) is 0 Å². The van der Waals surface area contributed by atoms with Crippen LogP contribution in [0.3, 0.4) is 0 Å². The number of benzene rings is 4. The lowest BCUT2D eigenvalue weighted by Crippen LogP contribution is -2.20. The number of rotatable bonds is 6. The van der Waals surface area contributed by atoms with Gasteiger partial charge in [-0.25, -0.2) is 0 Å². The van der Waals surface area contributed by atoms with Gasteiger partial charge in [-0.15, -0.1) is 0 Å². The van der Waals surface area contributed by atoms with Gasteiger partial charge in [0.25, 0.3) is 35.0 Å². The number of carbonyl (C=O) groups is 4. The highest BCUT2D eigenvalue weighted by molar-refractivity contribution is 6.25. The summed E-state index contributed by atoms with van der Waals surface area (Å²) in [5.41, 5.74) is -0.0970. The first-order valence-corrected chi connectivity index (χ1v) is 11.9. The molecule has 0 aliphatic carbocycles. The Morgan fingerprint density at radius 3 is 1.20 bits per heavy atom. The lowest BCUT2D eigenvalue weighted by atomic mass is 9.94. The monoisotopic (exact) mass is 550 g/mol. The van der Waals surface area contributed by atoms with Crippen molar-refractivity contribution < 1.29 is 33.8 Å². The van der Waals surface area contributed by atoms with Crippen LogP contribution < -0.4 is 15.4 Å². The second-order valence-electron chi connectivity index (χ2n) is 9.00. The summed E-state index contributed by atoms with van der Waals surface area (Å²) in [5.74, 6) is -2.07. The van der Waals surface area contributed by atoms with Crippen molar-refractivity contribution in [2.75, 3.05) is 0 Å². The molecule has 2 aliphatic heterocycles. The fourth-order valence-corrected chi connectivity index (χ4v) is 4.90. The van der Waals surface area contributed by atoms with Gasteiger partial charge in [-0.3, -0.25) is 50.0 Å². The molecular formula is C28H14N4O9. The third kappa shape index (κ3) is 4.04. The van der Waals surface area contributed by atoms with E-state index in [-0.39, 0.29) is 44.8 Å². The molecule has 4 aromatic rings. The largest absolute Gasteiger partial charge is 0.457 e. The molecule has 0 fully saturated rings. The average molecular weight is 550 g/mol. The van der Waals surface area contributed by atoms with Gasteiger partial charge in [0.1, 0.15) is 11.5 Å². The molecule has 0 spiro atoms. The maximum Gasteiger partial charge on any atom is 0.278 e. The van der Waals surface area contributed by atoms with Gasteiger partial charge in [0.2, 0.25) is 0 Å². The van der Waals surface area contributed by atoms with E-state index in [9.17, 15) is 39.4 Å². The summed E-state index contributed by atoms with van der Waals surface area (Å²) in [6.45, 7) is 0. The Bertz CT molecular complexity index is 1740. The molecule has 0 aromatic heterocycles. The molecule has 0 saturated carbocycles. The fraction of sp³-hybridized carbons (Fsp3) is 0. The van der Waals surface area contributed by atoms with Crippen molar-refractivity contribution >= 4 is 35.0 Å². The lowest BCUT2D eigenvalue weighted by molar-refractivity contribution is -0.384. The molecule has 4 aromatic carbocycles. The number of nitrogens with zero attached hydrogens (tertiary/aromatic N) is 2. The molecule has 6 rings (SSSR count). The van der Waals surface area contributed by atoms with Crippen LogP contribution in [0.1, 0.15) is 41.4 Å². The van der Waals surface area contributed by atoms with Crippen LogP contribution in [0.15, 0.2) is 72.8 Å². The zero-order chi connectivity index (χ0) is 29.0. The molecule has 41 heavy (non-hydrogen) atoms. The van der Waals surface area contributed by atoms with E-state index in [0.29, 0.717) is 22.6 Å². The lowest BCUT2D eigenvalue weighted by Gasteiger charge is -2.11. The van der Waals surface area contributed by atoms with Gasteiger partial charge in [-0.05, 0) is 47.5 Å². The number of carbonyl (C=O) groups excluding carboxylic acids is 4. The highest BCUT2D eigenvalue weighted by Gasteiger charge is 2.36. The number of ether oxygens (including phenoxy) is 1. The van der Waals surface area contributed by atoms with Crippen molar-refractivity contribution in [1.82, 2.24) is 10.6 Å². The minimum absolute atomic E-state index is 0.00580. The topological polar surface area (TPSA) is 188 Å². The molecule has 200 valence electrons. The van der Waals surface area contributed by atoms with Crippen molar-refractivity contribution in [3.05, 3.63) is 115 Å². The number of hydrogen-bond acceptors (Lipinski definition) is 9. The Labute approximate surface area is 228 Å². The van der Waals surface area contributed by atoms with E-state index in [1.165, 1.54) is 72.8 Å². The van der Waals surface area contributed by atoms with Gasteiger partial charge >= 0.3 is 0 Å². The molecule has 0 radical (unpaired) electrons. The van der Waals surface area contributed by atoms with Crippen molar-refractivity contribution in [2.45, 2.75) is 0 Å². The first kappa shape index (κ1) is 25.1. The number of nitro groups is 2. The summed E-state index contributed by atoms with van der Waals surface area (Å²) in [6, 6.07) is 16.9. The maximum absolute atomic E-state index is 12.4. The molecule has 13 nitrogen and oxygen atoms in total. The number of fused-ring (bicyclic) bond motifs is 2. The van der Waals surface area contributed by atoms with Crippen LogP contribution in [0.25, 0.3) is 22.3 Å². The van der Waals surface area contributed by atoms with E-state index in [0.717, 1.165) is 0 Å². The number of amides is 4. The predicted octanol–water partition coefficient (Wildman–Crippen LogP) is 4.40. The summed E-state index contributed by atoms with van der Waals surface area (Å²) in [4.78, 5) is 70.9. The van der Waals surface area contributed by atoms with Gasteiger partial charge in [0.05, 0.1) is 43.2 Å². The molecule has 0 saturated heterocycles. The molecule has 0 atom stereocenters. The Morgan fingerprint density at radius 1 is 0.488 bits per heavy atom. The average Bonchev–Trinajstić information content (AvgIpc) is 3.41. The normalized spacial score (nSPS) is 13.4. The SMILES string of the molecule is O=C1NC(=O)c2c1ccc([N+](=O)[O-])c2-c1ccc(Oc2ccc(-c3c([N+](=O)[O-])ccc4c3C(=O)NC4=O)cc2)cc1. The van der Waals surface area contributed by atoms with Crippen LogP contribution in [-0.4, -0.2) is 33.5 Å². The van der Waals surface area contributed by atoms with E-state index in [4.69, 9.17) is 4.74 Å². The van der Waals surface area contributed by atoms with Crippen molar-refractivity contribution in [3.8, 4) is 33.8 Å². The van der Waals surface area contributed by atoms with Crippen LogP contribution in [-0.2, 0) is 0 Å². The van der Waals surface area contributed by atoms with E-state index in [2.05, 4.69) is 10.6 Å². The molecule has 2 N–H and O–H groups in total. The number of imide groups is 2. The highest BCUT2D eigenvalue weighted by Crippen LogP contribution is 2.40. The molecule has 2 aliphatic rings. The van der Waals surface area contributed by atoms with Gasteiger partial charge in [0, 0.05) is 12.1 Å². The second kappa shape index (κ2) is 9.20. The summed E-state index contributed by atoms with van der Waals surface area (Å²) < 4.78 is 5.84. The smallest absolute Gasteiger partial charge is 0.278 e. The first-order chi connectivity index (χ1) is 19.6. The molecule has 13 heteroatoms. The van der Waals surface area contributed by atoms with E-state index >= 15 is 0 Å². The summed E-state index contributed by atoms with van der Waals surface area (Å²) in [7, 11) is 0. The quantitative estimate of drug-likeness (QED) is 0.199. The Morgan fingerprint density at radius 2 is 0.854 bits per heavy atom. The molecule has 0 unspecified atom stereocenters. The van der Waals surface area contributed by atoms with Crippen molar-refractivity contribution in [1.29, 1.82) is 0 Å². The Hall–Kier alpha value is -6.24. The Balaban J connectivity index is 1.31. The zero-order valence-corrected chi connectivity index (χ0v) is 20.5. The Kier molecular flexibility index (Phi) is 5.62. The number of nitrogens with one attached hydrogen (secondary N) is 2.